The van der Waals surface area contributed by atoms with Crippen molar-refractivity contribution in [3.8, 4) is 0 Å². The maximum absolute atomic E-state index is 9.29. The maximum atomic E-state index is 9.29. The van der Waals surface area contributed by atoms with Crippen LogP contribution in [0.15, 0.2) is 61.2 Å². The Balaban J connectivity index is 0.000000293. The second-order valence-corrected chi connectivity index (χ2v) is 5.22. The first-order chi connectivity index (χ1) is 9.71. The zero-order valence-electron chi connectivity index (χ0n) is 10.4. The summed E-state index contributed by atoms with van der Waals surface area (Å²) in [6, 6.07) is 11.7. The summed E-state index contributed by atoms with van der Waals surface area (Å²) in [5, 5.41) is 0. The molecule has 0 amide bonds. The molecule has 0 unspecified atom stereocenters. The summed E-state index contributed by atoms with van der Waals surface area (Å²) in [7, 11) is -10.9. The van der Waals surface area contributed by atoms with E-state index >= 15 is 0 Å². The molecule has 2 N–H and O–H groups in total. The molecule has 0 aromatic carbocycles. The van der Waals surface area contributed by atoms with Crippen LogP contribution >= 0.6 is 0 Å². The monoisotopic (exact) mass is 336 g/mol. The van der Waals surface area contributed by atoms with Gasteiger partial charge in [0.05, 0.1) is 0 Å². The third kappa shape index (κ3) is 18.1. The lowest BCUT2D eigenvalue weighted by Crippen LogP contribution is -2.11. The summed E-state index contributed by atoms with van der Waals surface area (Å²) in [6.45, 7) is 0. The van der Waals surface area contributed by atoms with Gasteiger partial charge in [0.25, 0.3) is 0 Å². The molecule has 0 aliphatic rings. The van der Waals surface area contributed by atoms with Gasteiger partial charge < -0.3 is 9.11 Å². The number of hydrogen-bond donors (Lipinski definition) is 0. The van der Waals surface area contributed by atoms with E-state index in [1.54, 1.807) is 0 Å². The van der Waals surface area contributed by atoms with E-state index in [2.05, 4.69) is 13.6 Å². The number of H-pyrrole nitrogens is 2. The molecule has 0 atom stereocenters. The molecule has 2 aromatic rings. The summed E-state index contributed by atoms with van der Waals surface area (Å²) in [5.74, 6) is 0. The topological polar surface area (TPSA) is 152 Å². The number of hydrogen-bond acceptors (Lipinski definition) is 7. The fraction of sp³-hybridized carbons (Fsp3) is 0. The molecule has 2 aromatic heterocycles. The molecule has 0 aliphatic heterocycles. The Morgan fingerprint density at radius 1 is 0.619 bits per heavy atom. The van der Waals surface area contributed by atoms with Gasteiger partial charge in [0.1, 0.15) is 0 Å². The van der Waals surface area contributed by atoms with E-state index in [0.29, 0.717) is 0 Å². The molecular formula is C10H12N2O7S2. The van der Waals surface area contributed by atoms with Gasteiger partial charge in [-0.2, -0.15) is 3.63 Å². The fourth-order valence-electron chi connectivity index (χ4n) is 0.786. The number of rotatable bonds is 2. The first kappa shape index (κ1) is 19.1. The summed E-state index contributed by atoms with van der Waals surface area (Å²) >= 11 is 0. The molecule has 0 saturated heterocycles. The lowest BCUT2D eigenvalue weighted by Gasteiger charge is -2.08. The molecular weight excluding hydrogens is 324 g/mol. The van der Waals surface area contributed by atoms with Crippen LogP contribution in [-0.2, 0) is 24.4 Å². The average Bonchev–Trinajstić information content (AvgIpc) is 2.40. The number of aromatic amines is 2. The number of nitrogens with one attached hydrogen (secondary N) is 2. The second-order valence-electron chi connectivity index (χ2n) is 3.04. The van der Waals surface area contributed by atoms with Gasteiger partial charge in [0.2, 0.25) is 20.8 Å². The maximum Gasteiger partial charge on any atom is 0.231 e. The normalized spacial score (nSPS) is 10.4. The molecule has 0 fully saturated rings. The van der Waals surface area contributed by atoms with Gasteiger partial charge in [0.15, 0.2) is 24.8 Å². The van der Waals surface area contributed by atoms with E-state index in [9.17, 15) is 25.9 Å². The van der Waals surface area contributed by atoms with Crippen molar-refractivity contribution in [1.82, 2.24) is 0 Å². The van der Waals surface area contributed by atoms with Gasteiger partial charge in [-0.1, -0.05) is 12.1 Å². The summed E-state index contributed by atoms with van der Waals surface area (Å²) in [5.41, 5.74) is 0. The average molecular weight is 336 g/mol. The fourth-order valence-corrected chi connectivity index (χ4v) is 1.60. The summed E-state index contributed by atoms with van der Waals surface area (Å²) < 4.78 is 58.2. The van der Waals surface area contributed by atoms with Crippen LogP contribution in [0.3, 0.4) is 0 Å². The third-order valence-corrected chi connectivity index (χ3v) is 2.71. The predicted molar refractivity (Wildman–Crippen MR) is 66.5 cm³/mol. The number of pyridine rings is 2. The molecule has 0 spiro atoms. The minimum absolute atomic E-state index is 1.88. The van der Waals surface area contributed by atoms with Crippen molar-refractivity contribution in [1.29, 1.82) is 0 Å². The molecule has 9 nitrogen and oxygen atoms in total. The highest BCUT2D eigenvalue weighted by atomic mass is 32.3. The van der Waals surface area contributed by atoms with Crippen molar-refractivity contribution in [3.05, 3.63) is 61.2 Å². The lowest BCUT2D eigenvalue weighted by molar-refractivity contribution is -0.378. The van der Waals surface area contributed by atoms with Gasteiger partial charge in [-0.25, -0.2) is 26.8 Å². The Hall–Kier alpha value is -1.92. The van der Waals surface area contributed by atoms with Crippen LogP contribution in [-0.4, -0.2) is 25.9 Å². The molecule has 0 aliphatic carbocycles. The van der Waals surface area contributed by atoms with E-state index in [1.807, 2.05) is 61.2 Å². The third-order valence-electron chi connectivity index (χ3n) is 1.38. The van der Waals surface area contributed by atoms with E-state index in [1.165, 1.54) is 0 Å². The Morgan fingerprint density at radius 2 is 0.905 bits per heavy atom. The molecule has 0 radical (unpaired) electrons. The standard InChI is InChI=1S/2C5H5N.H2O7S2/c2*1-2-4-6-5-3-1;1-8(2,3)7-9(4,5)6/h2*1-5H;(H,1,2,3)(H,4,5,6). The van der Waals surface area contributed by atoms with E-state index in [-0.39, 0.29) is 0 Å². The largest absolute Gasteiger partial charge is 0.725 e. The highest BCUT2D eigenvalue weighted by Crippen LogP contribution is 1.91. The predicted octanol–water partition coefficient (Wildman–Crippen LogP) is -1.08. The van der Waals surface area contributed by atoms with Crippen LogP contribution in [0.4, 0.5) is 0 Å². The molecule has 0 bridgehead atoms. The summed E-state index contributed by atoms with van der Waals surface area (Å²) in [6.07, 6.45) is 7.50. The Morgan fingerprint density at radius 3 is 0.952 bits per heavy atom. The first-order valence-electron chi connectivity index (χ1n) is 5.15. The SMILES string of the molecule is O=S(=O)([O-])OS(=O)(=O)[O-].c1cc[nH+]cc1.c1cc[nH+]cc1. The molecule has 2 rings (SSSR count). The molecule has 0 saturated carbocycles. The zero-order chi connectivity index (χ0) is 16.2. The van der Waals surface area contributed by atoms with E-state index < -0.39 is 20.8 Å². The van der Waals surface area contributed by atoms with E-state index in [0.717, 1.165) is 0 Å². The zero-order valence-corrected chi connectivity index (χ0v) is 12.1. The van der Waals surface area contributed by atoms with Gasteiger partial charge in [-0.05, 0) is 0 Å². The molecule has 116 valence electrons. The van der Waals surface area contributed by atoms with E-state index in [4.69, 9.17) is 0 Å². The van der Waals surface area contributed by atoms with Crippen molar-refractivity contribution in [2.75, 3.05) is 0 Å². The van der Waals surface area contributed by atoms with Crippen molar-refractivity contribution >= 4 is 20.8 Å². The van der Waals surface area contributed by atoms with Gasteiger partial charge >= 0.3 is 0 Å². The lowest BCUT2D eigenvalue weighted by atomic mass is 10.5. The van der Waals surface area contributed by atoms with Crippen LogP contribution in [0, 0.1) is 0 Å². The highest BCUT2D eigenvalue weighted by molar-refractivity contribution is 7.94. The first-order valence-corrected chi connectivity index (χ1v) is 7.82. The quantitative estimate of drug-likeness (QED) is 0.499. The Bertz CT molecular complexity index is 561. The van der Waals surface area contributed by atoms with Crippen molar-refractivity contribution < 1.29 is 39.5 Å². The smallest absolute Gasteiger partial charge is 0.231 e. The minimum atomic E-state index is -5.43. The van der Waals surface area contributed by atoms with Crippen molar-refractivity contribution in [2.24, 2.45) is 0 Å². The molecule has 21 heavy (non-hydrogen) atoms. The summed E-state index contributed by atoms with van der Waals surface area (Å²) in [4.78, 5) is 5.78. The highest BCUT2D eigenvalue weighted by Gasteiger charge is 1.99. The van der Waals surface area contributed by atoms with Gasteiger partial charge in [-0.15, -0.1) is 0 Å². The molecule has 11 heteroatoms. The molecule has 2 heterocycles. The Labute approximate surface area is 122 Å². The van der Waals surface area contributed by atoms with Crippen LogP contribution in [0.2, 0.25) is 0 Å². The van der Waals surface area contributed by atoms with Crippen LogP contribution in [0.1, 0.15) is 0 Å². The second kappa shape index (κ2) is 9.90. The van der Waals surface area contributed by atoms with Gasteiger partial charge in [-0.3, -0.25) is 0 Å². The Kier molecular flexibility index (Phi) is 9.00. The van der Waals surface area contributed by atoms with Crippen molar-refractivity contribution in [2.45, 2.75) is 0 Å². The number of aromatic nitrogens is 2. The van der Waals surface area contributed by atoms with Crippen LogP contribution in [0.5, 0.6) is 0 Å². The van der Waals surface area contributed by atoms with Crippen LogP contribution < -0.4 is 9.97 Å². The van der Waals surface area contributed by atoms with Crippen molar-refractivity contribution in [3.63, 3.8) is 0 Å². The van der Waals surface area contributed by atoms with Crippen LogP contribution in [0.25, 0.3) is 0 Å². The van der Waals surface area contributed by atoms with Gasteiger partial charge in [0, 0.05) is 24.3 Å². The minimum Gasteiger partial charge on any atom is -0.725 e.